The highest BCUT2D eigenvalue weighted by Crippen LogP contribution is 2.16. The maximum atomic E-state index is 11.7. The number of carbonyl (C=O) groups is 1. The van der Waals surface area contributed by atoms with Gasteiger partial charge in [0.2, 0.25) is 5.91 Å². The van der Waals surface area contributed by atoms with Crippen LogP contribution in [0.25, 0.3) is 0 Å². The zero-order valence-electron chi connectivity index (χ0n) is 9.04. The number of carbonyl (C=O) groups excluding carboxylic acids is 1. The third kappa shape index (κ3) is 3.29. The molecule has 1 atom stereocenters. The number of hydrogen-bond acceptors (Lipinski definition) is 2. The van der Waals surface area contributed by atoms with Crippen molar-refractivity contribution >= 4 is 5.91 Å². The molecule has 0 aromatic carbocycles. The van der Waals surface area contributed by atoms with Gasteiger partial charge in [0.25, 0.3) is 0 Å². The Balaban J connectivity index is 2.31. The van der Waals surface area contributed by atoms with E-state index in [1.54, 1.807) is 0 Å². The van der Waals surface area contributed by atoms with Crippen molar-refractivity contribution < 1.29 is 9.90 Å². The van der Waals surface area contributed by atoms with E-state index in [1.807, 2.05) is 4.90 Å². The summed E-state index contributed by atoms with van der Waals surface area (Å²) in [5, 5.41) is 9.03. The second-order valence-corrected chi connectivity index (χ2v) is 4.13. The van der Waals surface area contributed by atoms with Gasteiger partial charge in [0.1, 0.15) is 0 Å². The molecule has 3 heteroatoms. The Bertz CT molecular complexity index is 182. The Morgan fingerprint density at radius 2 is 2.36 bits per heavy atom. The molecule has 3 nitrogen and oxygen atoms in total. The van der Waals surface area contributed by atoms with Gasteiger partial charge in [-0.05, 0) is 25.2 Å². The standard InChI is InChI=1S/C11H21NO2/c1-2-3-6-11(14)12-7-4-5-10(8-12)9-13/h10,13H,2-9H2,1H3/t10-/m1/s1. The zero-order valence-corrected chi connectivity index (χ0v) is 9.04. The molecule has 0 spiro atoms. The van der Waals surface area contributed by atoms with E-state index < -0.39 is 0 Å². The fourth-order valence-corrected chi connectivity index (χ4v) is 1.93. The average Bonchev–Trinajstić information content (AvgIpc) is 2.26. The smallest absolute Gasteiger partial charge is 0.222 e. The number of aliphatic hydroxyl groups is 1. The van der Waals surface area contributed by atoms with Crippen LogP contribution in [0.3, 0.4) is 0 Å². The number of aliphatic hydroxyl groups excluding tert-OH is 1. The molecule has 82 valence electrons. The van der Waals surface area contributed by atoms with E-state index in [-0.39, 0.29) is 12.5 Å². The number of hydrogen-bond donors (Lipinski definition) is 1. The molecular formula is C11H21NO2. The summed E-state index contributed by atoms with van der Waals surface area (Å²) in [6.45, 7) is 3.97. The van der Waals surface area contributed by atoms with Crippen LogP contribution in [0.2, 0.25) is 0 Å². The predicted molar refractivity (Wildman–Crippen MR) is 55.9 cm³/mol. The van der Waals surface area contributed by atoms with Crippen molar-refractivity contribution in [1.82, 2.24) is 4.90 Å². The van der Waals surface area contributed by atoms with Crippen LogP contribution in [0.5, 0.6) is 0 Å². The molecule has 1 saturated heterocycles. The Morgan fingerprint density at radius 3 is 3.00 bits per heavy atom. The molecule has 1 aliphatic rings. The number of unbranched alkanes of at least 4 members (excludes halogenated alkanes) is 1. The second kappa shape index (κ2) is 6.02. The first-order valence-electron chi connectivity index (χ1n) is 5.66. The lowest BCUT2D eigenvalue weighted by molar-refractivity contribution is -0.133. The lowest BCUT2D eigenvalue weighted by Crippen LogP contribution is -2.40. The second-order valence-electron chi connectivity index (χ2n) is 4.13. The van der Waals surface area contributed by atoms with Crippen LogP contribution in [0.1, 0.15) is 39.0 Å². The van der Waals surface area contributed by atoms with Gasteiger partial charge in [-0.3, -0.25) is 4.79 Å². The monoisotopic (exact) mass is 199 g/mol. The third-order valence-corrected chi connectivity index (χ3v) is 2.87. The van der Waals surface area contributed by atoms with Crippen molar-refractivity contribution in [3.63, 3.8) is 0 Å². The number of nitrogens with zero attached hydrogens (tertiary/aromatic N) is 1. The summed E-state index contributed by atoms with van der Waals surface area (Å²) in [4.78, 5) is 13.6. The van der Waals surface area contributed by atoms with E-state index >= 15 is 0 Å². The molecule has 0 bridgehead atoms. The summed E-state index contributed by atoms with van der Waals surface area (Å²) in [6, 6.07) is 0. The van der Waals surface area contributed by atoms with Gasteiger partial charge < -0.3 is 10.0 Å². The van der Waals surface area contributed by atoms with E-state index in [0.717, 1.165) is 38.8 Å². The van der Waals surface area contributed by atoms with Crippen LogP contribution >= 0.6 is 0 Å². The minimum atomic E-state index is 0.220. The van der Waals surface area contributed by atoms with E-state index in [0.29, 0.717) is 12.3 Å². The molecule has 1 rings (SSSR count). The van der Waals surface area contributed by atoms with Crippen molar-refractivity contribution in [3.05, 3.63) is 0 Å². The fraction of sp³-hybridized carbons (Fsp3) is 0.909. The minimum absolute atomic E-state index is 0.220. The Hall–Kier alpha value is -0.570. The van der Waals surface area contributed by atoms with E-state index in [4.69, 9.17) is 5.11 Å². The van der Waals surface area contributed by atoms with Crippen LogP contribution in [-0.2, 0) is 4.79 Å². The lowest BCUT2D eigenvalue weighted by Gasteiger charge is -2.31. The molecule has 1 amide bonds. The maximum Gasteiger partial charge on any atom is 0.222 e. The molecule has 0 radical (unpaired) electrons. The summed E-state index contributed by atoms with van der Waals surface area (Å²) >= 11 is 0. The SMILES string of the molecule is CCCCC(=O)N1CCC[C@@H](CO)C1. The highest BCUT2D eigenvalue weighted by molar-refractivity contribution is 5.76. The molecule has 14 heavy (non-hydrogen) atoms. The fourth-order valence-electron chi connectivity index (χ4n) is 1.93. The first-order valence-corrected chi connectivity index (χ1v) is 5.66. The topological polar surface area (TPSA) is 40.5 Å². The molecule has 1 aliphatic heterocycles. The molecular weight excluding hydrogens is 178 g/mol. The molecule has 0 aromatic rings. The molecule has 0 aliphatic carbocycles. The molecule has 1 fully saturated rings. The largest absolute Gasteiger partial charge is 0.396 e. The Morgan fingerprint density at radius 1 is 1.57 bits per heavy atom. The van der Waals surface area contributed by atoms with Crippen LogP contribution in [-0.4, -0.2) is 35.6 Å². The van der Waals surface area contributed by atoms with Gasteiger partial charge in [0.15, 0.2) is 0 Å². The Kier molecular flexibility index (Phi) is 4.94. The van der Waals surface area contributed by atoms with Crippen molar-refractivity contribution in [2.45, 2.75) is 39.0 Å². The summed E-state index contributed by atoms with van der Waals surface area (Å²) in [5.74, 6) is 0.583. The van der Waals surface area contributed by atoms with E-state index in [1.165, 1.54) is 0 Å². The summed E-state index contributed by atoms with van der Waals surface area (Å²) in [6.07, 6.45) is 4.84. The number of likely N-dealkylation sites (tertiary alicyclic amines) is 1. The van der Waals surface area contributed by atoms with E-state index in [9.17, 15) is 4.79 Å². The van der Waals surface area contributed by atoms with Crippen LogP contribution in [0.15, 0.2) is 0 Å². The van der Waals surface area contributed by atoms with Gasteiger partial charge in [0.05, 0.1) is 0 Å². The normalized spacial score (nSPS) is 22.4. The van der Waals surface area contributed by atoms with Crippen molar-refractivity contribution in [1.29, 1.82) is 0 Å². The summed E-state index contributed by atoms with van der Waals surface area (Å²) in [7, 11) is 0. The van der Waals surface area contributed by atoms with E-state index in [2.05, 4.69) is 6.92 Å². The predicted octanol–water partition coefficient (Wildman–Crippen LogP) is 1.41. The highest BCUT2D eigenvalue weighted by atomic mass is 16.3. The zero-order chi connectivity index (χ0) is 10.4. The first-order chi connectivity index (χ1) is 6.77. The van der Waals surface area contributed by atoms with Gasteiger partial charge in [-0.1, -0.05) is 13.3 Å². The number of rotatable bonds is 4. The highest BCUT2D eigenvalue weighted by Gasteiger charge is 2.22. The molecule has 0 unspecified atom stereocenters. The van der Waals surface area contributed by atoms with Gasteiger partial charge in [0, 0.05) is 26.1 Å². The molecule has 1 N–H and O–H groups in total. The quantitative estimate of drug-likeness (QED) is 0.743. The Labute approximate surface area is 86.1 Å². The maximum absolute atomic E-state index is 11.7. The molecule has 1 heterocycles. The van der Waals surface area contributed by atoms with Gasteiger partial charge in [-0.25, -0.2) is 0 Å². The van der Waals surface area contributed by atoms with Crippen LogP contribution < -0.4 is 0 Å². The van der Waals surface area contributed by atoms with Gasteiger partial charge >= 0.3 is 0 Å². The number of amides is 1. The summed E-state index contributed by atoms with van der Waals surface area (Å²) in [5.41, 5.74) is 0. The molecule has 0 aromatic heterocycles. The number of piperidine rings is 1. The van der Waals surface area contributed by atoms with Gasteiger partial charge in [-0.15, -0.1) is 0 Å². The molecule has 0 saturated carbocycles. The van der Waals surface area contributed by atoms with Crippen molar-refractivity contribution in [3.8, 4) is 0 Å². The van der Waals surface area contributed by atoms with Crippen LogP contribution in [0.4, 0.5) is 0 Å². The summed E-state index contributed by atoms with van der Waals surface area (Å²) < 4.78 is 0. The third-order valence-electron chi connectivity index (χ3n) is 2.87. The first kappa shape index (κ1) is 11.5. The average molecular weight is 199 g/mol. The van der Waals surface area contributed by atoms with Crippen LogP contribution in [0, 0.1) is 5.92 Å². The van der Waals surface area contributed by atoms with Gasteiger partial charge in [-0.2, -0.15) is 0 Å². The van der Waals surface area contributed by atoms with Crippen molar-refractivity contribution in [2.75, 3.05) is 19.7 Å². The lowest BCUT2D eigenvalue weighted by atomic mass is 9.98. The van der Waals surface area contributed by atoms with Crippen molar-refractivity contribution in [2.24, 2.45) is 5.92 Å². The minimum Gasteiger partial charge on any atom is -0.396 e.